The first-order valence-electron chi connectivity index (χ1n) is 13.8. The van der Waals surface area contributed by atoms with Gasteiger partial charge in [-0.25, -0.2) is 0 Å². The number of rotatable bonds is 8. The number of hydrogen-bond acceptors (Lipinski definition) is 7. The first kappa shape index (κ1) is 28.8. The summed E-state index contributed by atoms with van der Waals surface area (Å²) < 4.78 is 12.4. The normalized spacial score (nSPS) is 15.9. The van der Waals surface area contributed by atoms with Crippen molar-refractivity contribution in [1.29, 1.82) is 0 Å². The zero-order valence-corrected chi connectivity index (χ0v) is 24.3. The fourth-order valence-electron chi connectivity index (χ4n) is 5.48. The Labute approximate surface area is 244 Å². The molecule has 0 saturated carbocycles. The van der Waals surface area contributed by atoms with Crippen LogP contribution in [0.2, 0.25) is 0 Å². The predicted molar refractivity (Wildman–Crippen MR) is 158 cm³/mol. The van der Waals surface area contributed by atoms with Crippen LogP contribution in [0.1, 0.15) is 77.6 Å². The number of carbonyl (C=O) groups is 3. The summed E-state index contributed by atoms with van der Waals surface area (Å²) in [7, 11) is 0. The molecule has 3 heterocycles. The Hall–Kier alpha value is -4.73. The van der Waals surface area contributed by atoms with E-state index >= 15 is 0 Å². The first-order chi connectivity index (χ1) is 19.9. The maximum absolute atomic E-state index is 13.1. The van der Waals surface area contributed by atoms with Gasteiger partial charge in [0.05, 0.1) is 34.7 Å². The summed E-state index contributed by atoms with van der Waals surface area (Å²) >= 11 is 0. The molecule has 0 radical (unpaired) electrons. The van der Waals surface area contributed by atoms with Crippen molar-refractivity contribution < 1.29 is 29.0 Å². The van der Waals surface area contributed by atoms with Crippen LogP contribution in [0.3, 0.4) is 0 Å². The van der Waals surface area contributed by atoms with E-state index in [-0.39, 0.29) is 11.3 Å². The van der Waals surface area contributed by atoms with Gasteiger partial charge in [-0.05, 0) is 76.9 Å². The van der Waals surface area contributed by atoms with E-state index in [9.17, 15) is 14.4 Å². The molecule has 3 aromatic rings. The second-order valence-corrected chi connectivity index (χ2v) is 11.7. The molecule has 0 saturated heterocycles. The largest absolute Gasteiger partial charge is 0.490 e. The standard InChI is InChI=1S/C32H34N4O6/c1-6-41-24-13-20-14-31(2,3)36-27(26(20)22-15-32(4,5)42-28(22)24)18-9-10-21(30(40)34-17-25(37)38)23(12-18)35-29(39)19-8-7-11-33-16-19/h7-13,16H,6,14-15,17H2,1-5H3,(H,34,40)(H,35,39)(H,37,38). The molecule has 10 heteroatoms. The molecule has 2 amide bonds. The van der Waals surface area contributed by atoms with Crippen LogP contribution in [0.5, 0.6) is 11.5 Å². The van der Waals surface area contributed by atoms with Crippen molar-refractivity contribution in [3.05, 3.63) is 82.2 Å². The summed E-state index contributed by atoms with van der Waals surface area (Å²) in [5, 5.41) is 14.3. The van der Waals surface area contributed by atoms with E-state index < -0.39 is 35.5 Å². The van der Waals surface area contributed by atoms with Crippen molar-refractivity contribution in [2.75, 3.05) is 18.5 Å². The number of aliphatic carboxylic acids is 1. The second kappa shape index (κ2) is 10.9. The number of pyridine rings is 1. The van der Waals surface area contributed by atoms with Gasteiger partial charge in [0.15, 0.2) is 11.5 Å². The molecule has 2 aromatic carbocycles. The summed E-state index contributed by atoms with van der Waals surface area (Å²) in [4.78, 5) is 46.4. The maximum Gasteiger partial charge on any atom is 0.322 e. The van der Waals surface area contributed by atoms with Gasteiger partial charge in [-0.1, -0.05) is 6.07 Å². The molecule has 218 valence electrons. The molecular weight excluding hydrogens is 536 g/mol. The van der Waals surface area contributed by atoms with E-state index in [1.54, 1.807) is 36.5 Å². The van der Waals surface area contributed by atoms with Crippen LogP contribution < -0.4 is 20.1 Å². The highest BCUT2D eigenvalue weighted by atomic mass is 16.5. The lowest BCUT2D eigenvalue weighted by Crippen LogP contribution is -2.31. The smallest absolute Gasteiger partial charge is 0.322 e. The van der Waals surface area contributed by atoms with Gasteiger partial charge in [0.2, 0.25) is 0 Å². The highest BCUT2D eigenvalue weighted by Crippen LogP contribution is 2.48. The monoisotopic (exact) mass is 570 g/mol. The highest BCUT2D eigenvalue weighted by Gasteiger charge is 2.40. The molecule has 0 spiro atoms. The van der Waals surface area contributed by atoms with Gasteiger partial charge in [0, 0.05) is 35.5 Å². The van der Waals surface area contributed by atoms with Gasteiger partial charge in [-0.15, -0.1) is 0 Å². The fraction of sp³-hybridized carbons (Fsp3) is 0.344. The minimum absolute atomic E-state index is 0.120. The third-order valence-electron chi connectivity index (χ3n) is 7.09. The quantitative estimate of drug-likeness (QED) is 0.364. The topological polar surface area (TPSA) is 139 Å². The van der Waals surface area contributed by atoms with Crippen molar-refractivity contribution >= 4 is 29.2 Å². The zero-order chi connectivity index (χ0) is 30.2. The van der Waals surface area contributed by atoms with E-state index in [2.05, 4.69) is 29.5 Å². The van der Waals surface area contributed by atoms with Crippen LogP contribution in [0, 0.1) is 0 Å². The van der Waals surface area contributed by atoms with E-state index in [1.165, 1.54) is 6.20 Å². The van der Waals surface area contributed by atoms with E-state index in [0.717, 1.165) is 22.4 Å². The Balaban J connectivity index is 1.65. The summed E-state index contributed by atoms with van der Waals surface area (Å²) in [6.07, 6.45) is 4.34. The number of fused-ring (bicyclic) bond motifs is 3. The fourth-order valence-corrected chi connectivity index (χ4v) is 5.48. The molecule has 3 N–H and O–H groups in total. The van der Waals surface area contributed by atoms with Crippen LogP contribution >= 0.6 is 0 Å². The number of aromatic nitrogens is 1. The lowest BCUT2D eigenvalue weighted by atomic mass is 9.80. The zero-order valence-electron chi connectivity index (χ0n) is 24.3. The molecule has 0 aliphatic carbocycles. The van der Waals surface area contributed by atoms with Crippen molar-refractivity contribution in [3.8, 4) is 11.5 Å². The lowest BCUT2D eigenvalue weighted by Gasteiger charge is -2.31. The minimum Gasteiger partial charge on any atom is -0.490 e. The number of benzene rings is 2. The summed E-state index contributed by atoms with van der Waals surface area (Å²) in [6, 6.07) is 10.3. The number of carboxylic acids is 1. The van der Waals surface area contributed by atoms with Crippen LogP contribution in [0.25, 0.3) is 0 Å². The number of nitrogens with zero attached hydrogens (tertiary/aromatic N) is 2. The van der Waals surface area contributed by atoms with Gasteiger partial charge in [0.1, 0.15) is 12.1 Å². The van der Waals surface area contributed by atoms with Gasteiger partial charge < -0.3 is 25.2 Å². The number of carboxylic acid groups (broad SMARTS) is 1. The molecule has 2 aliphatic heterocycles. The number of ether oxygens (including phenoxy) is 2. The number of carbonyl (C=O) groups excluding carboxylic acids is 2. The summed E-state index contributed by atoms with van der Waals surface area (Å²) in [6.45, 7) is 10.1. The van der Waals surface area contributed by atoms with Crippen molar-refractivity contribution in [1.82, 2.24) is 10.3 Å². The number of nitrogens with one attached hydrogen (secondary N) is 2. The Morgan fingerprint density at radius 3 is 2.55 bits per heavy atom. The Morgan fingerprint density at radius 1 is 1.07 bits per heavy atom. The third-order valence-corrected chi connectivity index (χ3v) is 7.09. The van der Waals surface area contributed by atoms with E-state index in [0.29, 0.717) is 42.1 Å². The van der Waals surface area contributed by atoms with Gasteiger partial charge in [-0.2, -0.15) is 0 Å². The van der Waals surface area contributed by atoms with E-state index in [1.807, 2.05) is 26.8 Å². The molecule has 5 rings (SSSR count). The van der Waals surface area contributed by atoms with Crippen LogP contribution in [-0.4, -0.2) is 57.9 Å². The maximum atomic E-state index is 13.1. The predicted octanol–water partition coefficient (Wildman–Crippen LogP) is 4.43. The van der Waals surface area contributed by atoms with Gasteiger partial charge in [0.25, 0.3) is 11.8 Å². The molecule has 0 atom stereocenters. The van der Waals surface area contributed by atoms with Crippen molar-refractivity contribution in [2.24, 2.45) is 4.99 Å². The van der Waals surface area contributed by atoms with Gasteiger partial charge >= 0.3 is 5.97 Å². The lowest BCUT2D eigenvalue weighted by molar-refractivity contribution is -0.135. The molecule has 10 nitrogen and oxygen atoms in total. The molecule has 0 fully saturated rings. The summed E-state index contributed by atoms with van der Waals surface area (Å²) in [5.74, 6) is -0.848. The van der Waals surface area contributed by atoms with Crippen molar-refractivity contribution in [3.63, 3.8) is 0 Å². The number of hydrogen-bond donors (Lipinski definition) is 3. The number of aliphatic imine (C=N–C) groups is 1. The van der Waals surface area contributed by atoms with Crippen LogP contribution in [0.15, 0.2) is 53.8 Å². The number of anilines is 1. The number of amides is 2. The SMILES string of the molecule is CCOc1cc2c(c3c1OC(C)(C)C3)C(c1ccc(C(=O)NCC(=O)O)c(NC(=O)c3cccnc3)c1)=NC(C)(C)C2. The average molecular weight is 571 g/mol. The molecule has 0 bridgehead atoms. The second-order valence-electron chi connectivity index (χ2n) is 11.7. The minimum atomic E-state index is -1.18. The van der Waals surface area contributed by atoms with Gasteiger partial charge in [-0.3, -0.25) is 24.4 Å². The first-order valence-corrected chi connectivity index (χ1v) is 13.8. The molecule has 42 heavy (non-hydrogen) atoms. The van der Waals surface area contributed by atoms with Crippen LogP contribution in [-0.2, 0) is 17.6 Å². The Bertz CT molecular complexity index is 1610. The van der Waals surface area contributed by atoms with Crippen molar-refractivity contribution in [2.45, 2.75) is 58.6 Å². The molecule has 2 aliphatic rings. The highest BCUT2D eigenvalue weighted by molar-refractivity contribution is 6.18. The summed E-state index contributed by atoms with van der Waals surface area (Å²) in [5.41, 5.74) is 4.24. The molecule has 0 unspecified atom stereocenters. The Morgan fingerprint density at radius 2 is 1.86 bits per heavy atom. The molecular formula is C32H34N4O6. The molecule has 1 aromatic heterocycles. The third kappa shape index (κ3) is 5.83. The van der Waals surface area contributed by atoms with E-state index in [4.69, 9.17) is 19.6 Å². The van der Waals surface area contributed by atoms with Crippen LogP contribution in [0.4, 0.5) is 5.69 Å². The Kier molecular flexibility index (Phi) is 7.49. The average Bonchev–Trinajstić information content (AvgIpc) is 3.26.